The number of hydrogen-bond donors (Lipinski definition) is 4. The molecule has 1 fully saturated rings. The lowest BCUT2D eigenvalue weighted by Crippen LogP contribution is -2.37. The second kappa shape index (κ2) is 12.5. The number of hydrogen-bond acceptors (Lipinski definition) is 9. The van der Waals surface area contributed by atoms with Crippen molar-refractivity contribution in [2.75, 3.05) is 55.5 Å². The molecule has 13 heteroatoms. The molecule has 4 rings (SSSR count). The highest BCUT2D eigenvalue weighted by Crippen LogP contribution is 2.31. The smallest absolute Gasteiger partial charge is 0.379 e. The van der Waals surface area contributed by atoms with Gasteiger partial charge in [0, 0.05) is 37.1 Å². The van der Waals surface area contributed by atoms with E-state index in [1.807, 2.05) is 13.0 Å². The monoisotopic (exact) mass is 530 g/mol. The van der Waals surface area contributed by atoms with Gasteiger partial charge in [-0.15, -0.1) is 0 Å². The van der Waals surface area contributed by atoms with E-state index in [1.54, 1.807) is 6.07 Å². The van der Waals surface area contributed by atoms with Crippen LogP contribution in [0.25, 0.3) is 0 Å². The van der Waals surface area contributed by atoms with E-state index < -0.39 is 17.6 Å². The van der Waals surface area contributed by atoms with E-state index in [9.17, 15) is 18.0 Å². The molecule has 0 spiro atoms. The zero-order valence-corrected chi connectivity index (χ0v) is 20.8. The van der Waals surface area contributed by atoms with E-state index in [0.29, 0.717) is 11.5 Å². The molecule has 0 atom stereocenters. The fourth-order valence-corrected chi connectivity index (χ4v) is 3.78. The number of anilines is 4. The zero-order valence-electron chi connectivity index (χ0n) is 20.8. The van der Waals surface area contributed by atoms with Crippen LogP contribution in [0.15, 0.2) is 48.7 Å². The topological polar surface area (TPSA) is 116 Å². The van der Waals surface area contributed by atoms with E-state index in [1.165, 1.54) is 24.4 Å². The summed E-state index contributed by atoms with van der Waals surface area (Å²) < 4.78 is 44.1. The summed E-state index contributed by atoms with van der Waals surface area (Å²) >= 11 is 0. The van der Waals surface area contributed by atoms with Crippen molar-refractivity contribution in [1.82, 2.24) is 25.3 Å². The van der Waals surface area contributed by atoms with Crippen LogP contribution in [0.3, 0.4) is 0 Å². The van der Waals surface area contributed by atoms with Crippen molar-refractivity contribution in [3.63, 3.8) is 0 Å². The Balaban J connectivity index is 1.26. The molecule has 0 aliphatic carbocycles. The maximum Gasteiger partial charge on any atom is 0.416 e. The lowest BCUT2D eigenvalue weighted by atomic mass is 10.2. The van der Waals surface area contributed by atoms with Gasteiger partial charge in [0.15, 0.2) is 0 Å². The first kappa shape index (κ1) is 27.1. The minimum absolute atomic E-state index is 0.0983. The normalized spacial score (nSPS) is 14.1. The molecule has 0 unspecified atom stereocenters. The summed E-state index contributed by atoms with van der Waals surface area (Å²) in [5, 5.41) is 6.13. The van der Waals surface area contributed by atoms with Gasteiger partial charge in [-0.3, -0.25) is 20.5 Å². The van der Waals surface area contributed by atoms with Crippen LogP contribution >= 0.6 is 0 Å². The number of carbonyl (C=O) groups excluding carboxylic acids is 1. The minimum atomic E-state index is -4.44. The predicted molar refractivity (Wildman–Crippen MR) is 137 cm³/mol. The van der Waals surface area contributed by atoms with Crippen LogP contribution < -0.4 is 21.5 Å². The third-order valence-corrected chi connectivity index (χ3v) is 5.68. The van der Waals surface area contributed by atoms with Crippen LogP contribution in [-0.2, 0) is 10.9 Å². The Bertz CT molecular complexity index is 1220. The molecule has 1 aromatic carbocycles. The number of benzene rings is 1. The van der Waals surface area contributed by atoms with Crippen molar-refractivity contribution in [3.05, 3.63) is 65.6 Å². The lowest BCUT2D eigenvalue weighted by molar-refractivity contribution is -0.137. The predicted octanol–water partition coefficient (Wildman–Crippen LogP) is 3.83. The Morgan fingerprint density at radius 3 is 2.63 bits per heavy atom. The number of aryl methyl sites for hydroxylation is 1. The average Bonchev–Trinajstić information content (AvgIpc) is 2.90. The maximum atomic E-state index is 12.9. The number of hydrazine groups is 1. The lowest BCUT2D eigenvalue weighted by Gasteiger charge is -2.26. The number of ether oxygens (including phenoxy) is 1. The molecule has 1 aliphatic heterocycles. The first-order valence-corrected chi connectivity index (χ1v) is 12.1. The van der Waals surface area contributed by atoms with Gasteiger partial charge in [-0.05, 0) is 50.2 Å². The van der Waals surface area contributed by atoms with Gasteiger partial charge in [-0.1, -0.05) is 6.07 Å². The third-order valence-electron chi connectivity index (χ3n) is 5.68. The van der Waals surface area contributed by atoms with E-state index in [4.69, 9.17) is 4.74 Å². The van der Waals surface area contributed by atoms with Gasteiger partial charge in [-0.2, -0.15) is 18.2 Å². The van der Waals surface area contributed by atoms with Gasteiger partial charge < -0.3 is 15.4 Å². The number of nitrogens with one attached hydrogen (secondary N) is 4. The van der Waals surface area contributed by atoms with Crippen molar-refractivity contribution >= 4 is 29.0 Å². The average molecular weight is 531 g/mol. The molecular weight excluding hydrogens is 501 g/mol. The first-order chi connectivity index (χ1) is 18.3. The fourth-order valence-electron chi connectivity index (χ4n) is 3.78. The molecule has 38 heavy (non-hydrogen) atoms. The van der Waals surface area contributed by atoms with E-state index in [0.717, 1.165) is 63.6 Å². The number of carbonyl (C=O) groups is 1. The number of aromatic nitrogens is 3. The van der Waals surface area contributed by atoms with E-state index >= 15 is 0 Å². The van der Waals surface area contributed by atoms with Crippen molar-refractivity contribution in [3.8, 4) is 0 Å². The van der Waals surface area contributed by atoms with Crippen LogP contribution in [0.5, 0.6) is 0 Å². The number of amides is 1. The highest BCUT2D eigenvalue weighted by atomic mass is 19.4. The molecular formula is C25H29F3N8O2. The summed E-state index contributed by atoms with van der Waals surface area (Å²) in [5.74, 6) is 0.331. The second-order valence-electron chi connectivity index (χ2n) is 8.67. The standard InChI is InChI=1S/C25H29F3N8O2/c1-17-14-22(29-8-3-9-36-10-12-38-13-11-36)33-24(31-17)35-34-23(37)21-7-6-20(16-30-21)32-19-5-2-4-18(15-19)25(26,27)28/h2,4-7,14-16,32H,3,8-13H2,1H3,(H,34,37)(H2,29,31,33,35). The zero-order chi connectivity index (χ0) is 27.0. The summed E-state index contributed by atoms with van der Waals surface area (Å²) in [6.45, 7) is 6.98. The van der Waals surface area contributed by atoms with Gasteiger partial charge in [0.25, 0.3) is 5.91 Å². The van der Waals surface area contributed by atoms with Crippen molar-refractivity contribution in [1.29, 1.82) is 0 Å². The third kappa shape index (κ3) is 8.02. The van der Waals surface area contributed by atoms with Crippen LogP contribution in [0.2, 0.25) is 0 Å². The number of pyridine rings is 1. The Morgan fingerprint density at radius 1 is 1.08 bits per heavy atom. The van der Waals surface area contributed by atoms with Crippen LogP contribution in [0.4, 0.5) is 36.3 Å². The number of alkyl halides is 3. The summed E-state index contributed by atoms with van der Waals surface area (Å²) in [4.78, 5) is 27.6. The van der Waals surface area contributed by atoms with E-state index in [2.05, 4.69) is 41.3 Å². The highest BCUT2D eigenvalue weighted by molar-refractivity contribution is 5.93. The van der Waals surface area contributed by atoms with Crippen LogP contribution in [0, 0.1) is 6.92 Å². The molecule has 3 aromatic rings. The number of morpholine rings is 1. The van der Waals surface area contributed by atoms with E-state index in [-0.39, 0.29) is 17.3 Å². The Labute approximate surface area is 218 Å². The number of halogens is 3. The Morgan fingerprint density at radius 2 is 1.89 bits per heavy atom. The first-order valence-electron chi connectivity index (χ1n) is 12.1. The van der Waals surface area contributed by atoms with Crippen molar-refractivity contribution < 1.29 is 22.7 Å². The number of nitrogens with zero attached hydrogens (tertiary/aromatic N) is 4. The molecule has 1 amide bonds. The fraction of sp³-hybridized carbons (Fsp3) is 0.360. The summed E-state index contributed by atoms with van der Waals surface area (Å²) in [5.41, 5.74) is 5.94. The summed E-state index contributed by atoms with van der Waals surface area (Å²) in [7, 11) is 0. The maximum absolute atomic E-state index is 12.9. The quantitative estimate of drug-likeness (QED) is 0.229. The van der Waals surface area contributed by atoms with Gasteiger partial charge in [0.1, 0.15) is 11.5 Å². The largest absolute Gasteiger partial charge is 0.416 e. The second-order valence-corrected chi connectivity index (χ2v) is 8.67. The summed E-state index contributed by atoms with van der Waals surface area (Å²) in [6, 6.07) is 9.63. The summed E-state index contributed by atoms with van der Waals surface area (Å²) in [6.07, 6.45) is -2.13. The Kier molecular flexibility index (Phi) is 8.92. The highest BCUT2D eigenvalue weighted by Gasteiger charge is 2.30. The SMILES string of the molecule is Cc1cc(NCCCN2CCOCC2)nc(NNC(=O)c2ccc(Nc3cccc(C(F)(F)F)c3)cn2)n1. The van der Waals surface area contributed by atoms with Crippen molar-refractivity contribution in [2.45, 2.75) is 19.5 Å². The molecule has 2 aromatic heterocycles. The molecule has 1 saturated heterocycles. The van der Waals surface area contributed by atoms with Crippen molar-refractivity contribution in [2.24, 2.45) is 0 Å². The molecule has 4 N–H and O–H groups in total. The van der Waals surface area contributed by atoms with Crippen LogP contribution in [-0.4, -0.2) is 65.2 Å². The van der Waals surface area contributed by atoms with Gasteiger partial charge in [-0.25, -0.2) is 9.97 Å². The molecule has 0 saturated carbocycles. The Hall–Kier alpha value is -3.97. The molecule has 0 radical (unpaired) electrons. The minimum Gasteiger partial charge on any atom is -0.379 e. The molecule has 202 valence electrons. The molecule has 10 nitrogen and oxygen atoms in total. The van der Waals surface area contributed by atoms with Crippen LogP contribution in [0.1, 0.15) is 28.2 Å². The van der Waals surface area contributed by atoms with Gasteiger partial charge >= 0.3 is 6.18 Å². The van der Waals surface area contributed by atoms with Gasteiger partial charge in [0.05, 0.1) is 30.7 Å². The number of rotatable bonds is 10. The van der Waals surface area contributed by atoms with Gasteiger partial charge in [0.2, 0.25) is 5.95 Å². The molecule has 0 bridgehead atoms. The molecule has 3 heterocycles. The molecule has 1 aliphatic rings.